The standard InChI is InChI=1S/C17H34N4O/c1-15(2)20-9-5-18(6-10-20)13-17(22)14-19-7-11-21(12-8-19)16(3)4/h15-16H,5-14H2,1-4H3. The first-order valence-electron chi connectivity index (χ1n) is 8.90. The second-order valence-corrected chi connectivity index (χ2v) is 7.35. The predicted molar refractivity (Wildman–Crippen MR) is 91.3 cm³/mol. The molecule has 2 aliphatic heterocycles. The van der Waals surface area contributed by atoms with Gasteiger partial charge in [0.15, 0.2) is 5.78 Å². The molecule has 0 unspecified atom stereocenters. The van der Waals surface area contributed by atoms with E-state index in [-0.39, 0.29) is 0 Å². The molecule has 0 aliphatic carbocycles. The Hall–Kier alpha value is -0.490. The fourth-order valence-corrected chi connectivity index (χ4v) is 3.42. The molecule has 2 rings (SSSR count). The second-order valence-electron chi connectivity index (χ2n) is 7.35. The van der Waals surface area contributed by atoms with Crippen LogP contribution in [0.3, 0.4) is 0 Å². The summed E-state index contributed by atoms with van der Waals surface area (Å²) in [6, 6.07) is 1.24. The maximum atomic E-state index is 12.3. The van der Waals surface area contributed by atoms with Crippen LogP contribution in [-0.2, 0) is 4.79 Å². The van der Waals surface area contributed by atoms with Crippen LogP contribution in [0.2, 0.25) is 0 Å². The first-order chi connectivity index (χ1) is 10.5. The van der Waals surface area contributed by atoms with E-state index in [2.05, 4.69) is 47.3 Å². The molecule has 0 spiro atoms. The molecule has 0 aromatic rings. The summed E-state index contributed by atoms with van der Waals surface area (Å²) in [5.74, 6) is 0.385. The lowest BCUT2D eigenvalue weighted by atomic mass is 10.2. The lowest BCUT2D eigenvalue weighted by Crippen LogP contribution is -2.52. The van der Waals surface area contributed by atoms with Crippen molar-refractivity contribution in [1.29, 1.82) is 0 Å². The number of rotatable bonds is 6. The zero-order chi connectivity index (χ0) is 16.1. The Kier molecular flexibility index (Phi) is 6.81. The largest absolute Gasteiger partial charge is 0.298 e. The number of nitrogens with zero attached hydrogens (tertiary/aromatic N) is 4. The normalized spacial score (nSPS) is 23.5. The Labute approximate surface area is 136 Å². The van der Waals surface area contributed by atoms with Gasteiger partial charge in [0, 0.05) is 64.4 Å². The Morgan fingerprint density at radius 2 is 1.00 bits per heavy atom. The number of ketones is 1. The second kappa shape index (κ2) is 8.39. The molecule has 0 aromatic heterocycles. The summed E-state index contributed by atoms with van der Waals surface area (Å²) in [5, 5.41) is 0. The molecular formula is C17H34N4O. The highest BCUT2D eigenvalue weighted by molar-refractivity contribution is 5.82. The van der Waals surface area contributed by atoms with Gasteiger partial charge in [-0.05, 0) is 27.7 Å². The van der Waals surface area contributed by atoms with Gasteiger partial charge < -0.3 is 0 Å². The summed E-state index contributed by atoms with van der Waals surface area (Å²) >= 11 is 0. The Bertz CT molecular complexity index is 311. The molecule has 0 atom stereocenters. The first-order valence-corrected chi connectivity index (χ1v) is 8.90. The molecule has 2 saturated heterocycles. The molecule has 0 amide bonds. The van der Waals surface area contributed by atoms with E-state index in [4.69, 9.17) is 0 Å². The third-order valence-electron chi connectivity index (χ3n) is 5.07. The molecule has 128 valence electrons. The van der Waals surface area contributed by atoms with Gasteiger partial charge in [0.1, 0.15) is 0 Å². The summed E-state index contributed by atoms with van der Waals surface area (Å²) < 4.78 is 0. The molecule has 2 heterocycles. The van der Waals surface area contributed by atoms with Gasteiger partial charge in [-0.1, -0.05) is 0 Å². The molecule has 0 radical (unpaired) electrons. The maximum Gasteiger partial charge on any atom is 0.160 e. The molecule has 5 nitrogen and oxygen atoms in total. The van der Waals surface area contributed by atoms with E-state index in [1.807, 2.05) is 0 Å². The van der Waals surface area contributed by atoms with Gasteiger partial charge in [0.2, 0.25) is 0 Å². The third-order valence-corrected chi connectivity index (χ3v) is 5.07. The summed E-state index contributed by atoms with van der Waals surface area (Å²) in [6.45, 7) is 18.8. The van der Waals surface area contributed by atoms with Crippen molar-refractivity contribution in [3.63, 3.8) is 0 Å². The van der Waals surface area contributed by atoms with Crippen LogP contribution in [0.25, 0.3) is 0 Å². The molecular weight excluding hydrogens is 276 g/mol. The summed E-state index contributed by atoms with van der Waals surface area (Å²) in [7, 11) is 0. The number of carbonyl (C=O) groups is 1. The van der Waals surface area contributed by atoms with Crippen LogP contribution in [0.4, 0.5) is 0 Å². The van der Waals surface area contributed by atoms with Crippen molar-refractivity contribution in [1.82, 2.24) is 19.6 Å². The van der Waals surface area contributed by atoms with Crippen molar-refractivity contribution in [3.05, 3.63) is 0 Å². The van der Waals surface area contributed by atoms with E-state index >= 15 is 0 Å². The summed E-state index contributed by atoms with van der Waals surface area (Å²) in [4.78, 5) is 21.9. The highest BCUT2D eigenvalue weighted by Gasteiger charge is 2.23. The van der Waals surface area contributed by atoms with Crippen LogP contribution in [0.15, 0.2) is 0 Å². The summed E-state index contributed by atoms with van der Waals surface area (Å²) in [5.41, 5.74) is 0. The van der Waals surface area contributed by atoms with Gasteiger partial charge in [-0.2, -0.15) is 0 Å². The molecule has 0 aromatic carbocycles. The minimum absolute atomic E-state index is 0.385. The van der Waals surface area contributed by atoms with Gasteiger partial charge in [-0.25, -0.2) is 0 Å². The highest BCUT2D eigenvalue weighted by atomic mass is 16.1. The smallest absolute Gasteiger partial charge is 0.160 e. The van der Waals surface area contributed by atoms with E-state index < -0.39 is 0 Å². The average Bonchev–Trinajstić information content (AvgIpc) is 2.48. The van der Waals surface area contributed by atoms with Gasteiger partial charge in [0.05, 0.1) is 13.1 Å². The van der Waals surface area contributed by atoms with Crippen molar-refractivity contribution in [2.24, 2.45) is 0 Å². The Morgan fingerprint density at radius 1 is 0.682 bits per heavy atom. The van der Waals surface area contributed by atoms with Crippen molar-refractivity contribution in [2.75, 3.05) is 65.4 Å². The Balaban J connectivity index is 1.65. The van der Waals surface area contributed by atoms with Gasteiger partial charge in [0.25, 0.3) is 0 Å². The third kappa shape index (κ3) is 5.30. The van der Waals surface area contributed by atoms with Crippen LogP contribution in [-0.4, -0.2) is 103 Å². The van der Waals surface area contributed by atoms with Crippen LogP contribution in [0.1, 0.15) is 27.7 Å². The minimum Gasteiger partial charge on any atom is -0.298 e. The van der Waals surface area contributed by atoms with Crippen LogP contribution >= 0.6 is 0 Å². The van der Waals surface area contributed by atoms with Crippen molar-refractivity contribution in [3.8, 4) is 0 Å². The topological polar surface area (TPSA) is 30.0 Å². The van der Waals surface area contributed by atoms with Gasteiger partial charge in [-0.3, -0.25) is 24.4 Å². The molecule has 0 N–H and O–H groups in total. The quantitative estimate of drug-likeness (QED) is 0.717. The SMILES string of the molecule is CC(C)N1CCN(CC(=O)CN2CCN(C(C)C)CC2)CC1. The van der Waals surface area contributed by atoms with Crippen molar-refractivity contribution < 1.29 is 4.79 Å². The van der Waals surface area contributed by atoms with E-state index in [1.54, 1.807) is 0 Å². The zero-order valence-electron chi connectivity index (χ0n) is 14.9. The van der Waals surface area contributed by atoms with E-state index in [0.717, 1.165) is 52.4 Å². The van der Waals surface area contributed by atoms with E-state index in [1.165, 1.54) is 0 Å². The van der Waals surface area contributed by atoms with Crippen LogP contribution in [0, 0.1) is 0 Å². The number of piperazine rings is 2. The van der Waals surface area contributed by atoms with Gasteiger partial charge >= 0.3 is 0 Å². The fraction of sp³-hybridized carbons (Fsp3) is 0.941. The highest BCUT2D eigenvalue weighted by Crippen LogP contribution is 2.08. The summed E-state index contributed by atoms with van der Waals surface area (Å²) in [6.07, 6.45) is 0. The monoisotopic (exact) mass is 310 g/mol. The van der Waals surface area contributed by atoms with Gasteiger partial charge in [-0.15, -0.1) is 0 Å². The molecule has 22 heavy (non-hydrogen) atoms. The van der Waals surface area contributed by atoms with Crippen molar-refractivity contribution in [2.45, 2.75) is 39.8 Å². The predicted octanol–water partition coefficient (Wildman–Crippen LogP) is 0.608. The number of hydrogen-bond donors (Lipinski definition) is 0. The molecule has 2 fully saturated rings. The Morgan fingerprint density at radius 3 is 1.27 bits per heavy atom. The van der Waals surface area contributed by atoms with Crippen LogP contribution < -0.4 is 0 Å². The van der Waals surface area contributed by atoms with Crippen molar-refractivity contribution >= 4 is 5.78 Å². The lowest BCUT2D eigenvalue weighted by molar-refractivity contribution is -0.122. The maximum absolute atomic E-state index is 12.3. The molecule has 5 heteroatoms. The molecule has 0 bridgehead atoms. The fourth-order valence-electron chi connectivity index (χ4n) is 3.42. The van der Waals surface area contributed by atoms with E-state index in [9.17, 15) is 4.79 Å². The molecule has 2 aliphatic rings. The number of Topliss-reactive ketones (excluding diaryl/α,β-unsaturated/α-hetero) is 1. The number of hydrogen-bond acceptors (Lipinski definition) is 5. The first kappa shape index (κ1) is 17.9. The lowest BCUT2D eigenvalue weighted by Gasteiger charge is -2.38. The minimum atomic E-state index is 0.385. The zero-order valence-corrected chi connectivity index (χ0v) is 14.9. The van der Waals surface area contributed by atoms with E-state index in [0.29, 0.717) is 31.0 Å². The average molecular weight is 310 g/mol. The van der Waals surface area contributed by atoms with Crippen LogP contribution in [0.5, 0.6) is 0 Å². The number of carbonyl (C=O) groups excluding carboxylic acids is 1. The molecule has 0 saturated carbocycles.